The Kier molecular flexibility index (Phi) is 4.00. The minimum Gasteiger partial charge on any atom is -0.354 e. The van der Waals surface area contributed by atoms with Gasteiger partial charge in [-0.25, -0.2) is 0 Å². The van der Waals surface area contributed by atoms with E-state index in [0.717, 1.165) is 25.7 Å². The Morgan fingerprint density at radius 3 is 2.38 bits per heavy atom. The van der Waals surface area contributed by atoms with Gasteiger partial charge >= 0.3 is 0 Å². The highest BCUT2D eigenvalue weighted by Gasteiger charge is 2.52. The number of carbonyl (C=O) groups excluding carboxylic acids is 1. The first-order chi connectivity index (χ1) is 7.40. The first kappa shape index (κ1) is 13.5. The molecule has 0 bridgehead atoms. The van der Waals surface area contributed by atoms with Gasteiger partial charge in [0.1, 0.15) is 0 Å². The summed E-state index contributed by atoms with van der Waals surface area (Å²) < 4.78 is 0. The number of carbonyl (C=O) groups is 1. The molecule has 2 atom stereocenters. The third-order valence-corrected chi connectivity index (χ3v) is 4.50. The summed E-state index contributed by atoms with van der Waals surface area (Å²) in [6, 6.07) is 0. The van der Waals surface area contributed by atoms with Crippen molar-refractivity contribution in [2.75, 3.05) is 6.54 Å². The summed E-state index contributed by atoms with van der Waals surface area (Å²) in [6.45, 7) is 9.09. The quantitative estimate of drug-likeness (QED) is 0.728. The zero-order valence-electron chi connectivity index (χ0n) is 11.1. The Hall–Kier alpha value is -0.570. The van der Waals surface area contributed by atoms with Gasteiger partial charge in [-0.05, 0) is 31.1 Å². The predicted molar refractivity (Wildman–Crippen MR) is 67.0 cm³/mol. The van der Waals surface area contributed by atoms with E-state index in [1.807, 2.05) is 0 Å². The molecule has 1 fully saturated rings. The fourth-order valence-electron chi connectivity index (χ4n) is 2.09. The zero-order valence-corrected chi connectivity index (χ0v) is 11.1. The molecule has 0 aromatic carbocycles. The van der Waals surface area contributed by atoms with Gasteiger partial charge in [0.25, 0.3) is 0 Å². The van der Waals surface area contributed by atoms with Crippen LogP contribution in [0.2, 0.25) is 0 Å². The molecule has 94 valence electrons. The number of nitrogens with two attached hydrogens (primary N) is 1. The first-order valence-corrected chi connectivity index (χ1v) is 6.47. The van der Waals surface area contributed by atoms with Crippen molar-refractivity contribution < 1.29 is 4.79 Å². The van der Waals surface area contributed by atoms with Gasteiger partial charge in [-0.3, -0.25) is 4.79 Å². The normalized spacial score (nSPS) is 28.9. The molecule has 1 saturated carbocycles. The van der Waals surface area contributed by atoms with Crippen molar-refractivity contribution in [3.63, 3.8) is 0 Å². The highest BCUT2D eigenvalue weighted by Crippen LogP contribution is 2.54. The van der Waals surface area contributed by atoms with E-state index < -0.39 is 0 Å². The van der Waals surface area contributed by atoms with Gasteiger partial charge < -0.3 is 11.1 Å². The standard InChI is InChI=1S/C13H26N2O/c1-5-12(4)8-10(12)11(16)15-9-13(14,6-2)7-3/h10H,5-9,14H2,1-4H3,(H,15,16). The van der Waals surface area contributed by atoms with Crippen LogP contribution in [0.1, 0.15) is 53.4 Å². The van der Waals surface area contributed by atoms with Crippen LogP contribution in [0.4, 0.5) is 0 Å². The Balaban J connectivity index is 2.37. The second kappa shape index (κ2) is 4.74. The van der Waals surface area contributed by atoms with Crippen LogP contribution in [0.5, 0.6) is 0 Å². The summed E-state index contributed by atoms with van der Waals surface area (Å²) in [5.41, 5.74) is 6.17. The van der Waals surface area contributed by atoms with Gasteiger partial charge in [-0.15, -0.1) is 0 Å². The van der Waals surface area contributed by atoms with Crippen molar-refractivity contribution in [1.29, 1.82) is 0 Å². The third kappa shape index (κ3) is 2.76. The number of hydrogen-bond acceptors (Lipinski definition) is 2. The summed E-state index contributed by atoms with van der Waals surface area (Å²) in [4.78, 5) is 11.9. The summed E-state index contributed by atoms with van der Waals surface area (Å²) in [6.07, 6.45) is 3.92. The molecular formula is C13H26N2O. The van der Waals surface area contributed by atoms with Crippen molar-refractivity contribution in [3.8, 4) is 0 Å². The highest BCUT2D eigenvalue weighted by atomic mass is 16.2. The molecule has 0 heterocycles. The van der Waals surface area contributed by atoms with E-state index in [1.54, 1.807) is 0 Å². The first-order valence-electron chi connectivity index (χ1n) is 6.47. The molecule has 16 heavy (non-hydrogen) atoms. The van der Waals surface area contributed by atoms with Crippen molar-refractivity contribution in [1.82, 2.24) is 5.32 Å². The Bertz CT molecular complexity index is 261. The number of nitrogens with one attached hydrogen (secondary N) is 1. The summed E-state index contributed by atoms with van der Waals surface area (Å²) in [5.74, 6) is 0.413. The average Bonchev–Trinajstić information content (AvgIpc) is 2.99. The molecule has 0 saturated heterocycles. The fourth-order valence-corrected chi connectivity index (χ4v) is 2.09. The summed E-state index contributed by atoms with van der Waals surface area (Å²) in [5, 5.41) is 3.01. The van der Waals surface area contributed by atoms with Crippen molar-refractivity contribution in [3.05, 3.63) is 0 Å². The van der Waals surface area contributed by atoms with Gasteiger partial charge in [-0.2, -0.15) is 0 Å². The largest absolute Gasteiger partial charge is 0.354 e. The minimum absolute atomic E-state index is 0.195. The number of rotatable bonds is 6. The molecule has 3 heteroatoms. The van der Waals surface area contributed by atoms with Gasteiger partial charge in [0, 0.05) is 18.0 Å². The van der Waals surface area contributed by atoms with Crippen LogP contribution in [0.15, 0.2) is 0 Å². The van der Waals surface area contributed by atoms with E-state index >= 15 is 0 Å². The smallest absolute Gasteiger partial charge is 0.223 e. The SMILES string of the molecule is CCC(N)(CC)CNC(=O)C1CC1(C)CC. The molecule has 0 radical (unpaired) electrons. The lowest BCUT2D eigenvalue weighted by Crippen LogP contribution is -2.49. The molecular weight excluding hydrogens is 200 g/mol. The number of amides is 1. The molecule has 0 aromatic rings. The lowest BCUT2D eigenvalue weighted by molar-refractivity contribution is -0.123. The molecule has 0 aliphatic heterocycles. The van der Waals surface area contributed by atoms with Gasteiger partial charge in [0.05, 0.1) is 0 Å². The predicted octanol–water partition coefficient (Wildman–Crippen LogP) is 2.06. The van der Waals surface area contributed by atoms with E-state index in [4.69, 9.17) is 5.73 Å². The van der Waals surface area contributed by atoms with Crippen LogP contribution in [0.25, 0.3) is 0 Å². The Morgan fingerprint density at radius 1 is 1.44 bits per heavy atom. The Morgan fingerprint density at radius 2 is 2.00 bits per heavy atom. The highest BCUT2D eigenvalue weighted by molar-refractivity contribution is 5.82. The van der Waals surface area contributed by atoms with E-state index in [2.05, 4.69) is 33.0 Å². The van der Waals surface area contributed by atoms with Crippen LogP contribution in [-0.4, -0.2) is 18.0 Å². The van der Waals surface area contributed by atoms with E-state index in [1.165, 1.54) is 0 Å². The van der Waals surface area contributed by atoms with E-state index in [-0.39, 0.29) is 22.8 Å². The molecule has 0 aromatic heterocycles. The van der Waals surface area contributed by atoms with Crippen molar-refractivity contribution in [2.24, 2.45) is 17.1 Å². The lowest BCUT2D eigenvalue weighted by atomic mass is 9.94. The molecule has 0 spiro atoms. The number of hydrogen-bond donors (Lipinski definition) is 2. The second-order valence-electron chi connectivity index (χ2n) is 5.55. The van der Waals surface area contributed by atoms with Crippen molar-refractivity contribution in [2.45, 2.75) is 58.9 Å². The molecule has 1 amide bonds. The third-order valence-electron chi connectivity index (χ3n) is 4.50. The maximum atomic E-state index is 11.9. The van der Waals surface area contributed by atoms with E-state index in [0.29, 0.717) is 6.54 Å². The lowest BCUT2D eigenvalue weighted by Gasteiger charge is -2.27. The molecule has 1 aliphatic carbocycles. The van der Waals surface area contributed by atoms with Crippen LogP contribution >= 0.6 is 0 Å². The second-order valence-corrected chi connectivity index (χ2v) is 5.55. The van der Waals surface area contributed by atoms with Gasteiger partial charge in [-0.1, -0.05) is 27.7 Å². The summed E-state index contributed by atoms with van der Waals surface area (Å²) in [7, 11) is 0. The van der Waals surface area contributed by atoms with Crippen LogP contribution in [0.3, 0.4) is 0 Å². The Labute approximate surface area is 99.2 Å². The van der Waals surface area contributed by atoms with Gasteiger partial charge in [0.2, 0.25) is 5.91 Å². The minimum atomic E-state index is -0.229. The topological polar surface area (TPSA) is 55.1 Å². The fraction of sp³-hybridized carbons (Fsp3) is 0.923. The molecule has 3 nitrogen and oxygen atoms in total. The average molecular weight is 226 g/mol. The van der Waals surface area contributed by atoms with Crippen molar-refractivity contribution >= 4 is 5.91 Å². The molecule has 1 aliphatic rings. The maximum Gasteiger partial charge on any atom is 0.223 e. The maximum absolute atomic E-state index is 11.9. The zero-order chi connectivity index (χ0) is 12.4. The molecule has 1 rings (SSSR count). The summed E-state index contributed by atoms with van der Waals surface area (Å²) >= 11 is 0. The monoisotopic (exact) mass is 226 g/mol. The van der Waals surface area contributed by atoms with Gasteiger partial charge in [0.15, 0.2) is 0 Å². The van der Waals surface area contributed by atoms with Crippen LogP contribution in [-0.2, 0) is 4.79 Å². The van der Waals surface area contributed by atoms with Crippen LogP contribution in [0, 0.1) is 11.3 Å². The molecule has 2 unspecified atom stereocenters. The van der Waals surface area contributed by atoms with E-state index in [9.17, 15) is 4.79 Å². The van der Waals surface area contributed by atoms with Crippen LogP contribution < -0.4 is 11.1 Å². The molecule has 3 N–H and O–H groups in total.